The summed E-state index contributed by atoms with van der Waals surface area (Å²) < 4.78 is 17.0. The van der Waals surface area contributed by atoms with Crippen LogP contribution in [0.2, 0.25) is 0 Å². The van der Waals surface area contributed by atoms with Crippen LogP contribution in [0.15, 0.2) is 46.9 Å². The summed E-state index contributed by atoms with van der Waals surface area (Å²) >= 11 is 0. The van der Waals surface area contributed by atoms with Gasteiger partial charge in [-0.25, -0.2) is 0 Å². The van der Waals surface area contributed by atoms with Crippen LogP contribution in [0.4, 0.5) is 0 Å². The van der Waals surface area contributed by atoms with Crippen LogP contribution >= 0.6 is 0 Å². The molecule has 5 rings (SSSR count). The van der Waals surface area contributed by atoms with Gasteiger partial charge in [-0.15, -0.1) is 0 Å². The molecule has 0 bridgehead atoms. The van der Waals surface area contributed by atoms with E-state index < -0.39 is 5.60 Å². The minimum atomic E-state index is -0.893. The molecule has 0 atom stereocenters. The van der Waals surface area contributed by atoms with Crippen molar-refractivity contribution in [1.29, 1.82) is 0 Å². The molecule has 2 aliphatic heterocycles. The zero-order valence-corrected chi connectivity index (χ0v) is 21.3. The van der Waals surface area contributed by atoms with E-state index in [0.717, 1.165) is 73.6 Å². The summed E-state index contributed by atoms with van der Waals surface area (Å²) in [5, 5.41) is 12.4. The van der Waals surface area contributed by atoms with Gasteiger partial charge in [-0.05, 0) is 80.5 Å². The number of hydrogen-bond donors (Lipinski definition) is 1. The zero-order valence-electron chi connectivity index (χ0n) is 21.3. The van der Waals surface area contributed by atoms with Gasteiger partial charge in [0.25, 0.3) is 5.91 Å². The van der Waals surface area contributed by atoms with E-state index in [0.29, 0.717) is 30.8 Å². The van der Waals surface area contributed by atoms with Crippen molar-refractivity contribution in [2.24, 2.45) is 0 Å². The third-order valence-corrected chi connectivity index (χ3v) is 7.52. The maximum Gasteiger partial charge on any atom is 0.289 e. The van der Waals surface area contributed by atoms with Crippen LogP contribution < -0.4 is 9.47 Å². The minimum absolute atomic E-state index is 0.0366. The fourth-order valence-electron chi connectivity index (χ4n) is 5.41. The third-order valence-electron chi connectivity index (χ3n) is 7.52. The molecule has 2 saturated heterocycles. The highest BCUT2D eigenvalue weighted by molar-refractivity contribution is 5.96. The molecule has 1 N–H and O–H groups in total. The summed E-state index contributed by atoms with van der Waals surface area (Å²) in [5.74, 6) is 1.85. The second-order valence-corrected chi connectivity index (χ2v) is 9.94. The number of furan rings is 1. The molecule has 2 fully saturated rings. The highest BCUT2D eigenvalue weighted by atomic mass is 16.5. The number of nitrogens with zero attached hydrogens (tertiary/aromatic N) is 2. The van der Waals surface area contributed by atoms with E-state index in [4.69, 9.17) is 13.9 Å². The van der Waals surface area contributed by atoms with Gasteiger partial charge in [-0.1, -0.05) is 12.1 Å². The van der Waals surface area contributed by atoms with Gasteiger partial charge in [0.1, 0.15) is 5.58 Å². The van der Waals surface area contributed by atoms with E-state index in [1.54, 1.807) is 7.11 Å². The largest absolute Gasteiger partial charge is 0.493 e. The van der Waals surface area contributed by atoms with Crippen LogP contribution in [0, 0.1) is 0 Å². The van der Waals surface area contributed by atoms with Gasteiger partial charge in [0.2, 0.25) is 0 Å². The Balaban J connectivity index is 1.25. The first-order valence-corrected chi connectivity index (χ1v) is 13.1. The fourth-order valence-corrected chi connectivity index (χ4v) is 5.41. The molecule has 7 nitrogen and oxygen atoms in total. The van der Waals surface area contributed by atoms with E-state index in [2.05, 4.69) is 11.0 Å². The van der Waals surface area contributed by atoms with Crippen molar-refractivity contribution in [3.8, 4) is 11.5 Å². The standard InChI is InChI=1S/C29H36N2O5/c1-3-35-26-17-21(7-9-25(26)34-2)20-30-15-11-29(33,12-16-30)23-8-10-24-22(18-23)19-27(36-24)28(32)31-13-5-4-6-14-31/h7-10,17-19,33H,3-6,11-16,20H2,1-2H3. The monoisotopic (exact) mass is 492 g/mol. The summed E-state index contributed by atoms with van der Waals surface area (Å²) in [6, 6.07) is 13.7. The number of ether oxygens (including phenoxy) is 2. The molecule has 3 aromatic rings. The minimum Gasteiger partial charge on any atom is -0.493 e. The summed E-state index contributed by atoms with van der Waals surface area (Å²) in [7, 11) is 1.65. The number of benzene rings is 2. The maximum absolute atomic E-state index is 12.9. The number of amides is 1. The van der Waals surface area contributed by atoms with Crippen LogP contribution in [-0.2, 0) is 12.1 Å². The third kappa shape index (κ3) is 5.08. The lowest BCUT2D eigenvalue weighted by Gasteiger charge is -2.38. The van der Waals surface area contributed by atoms with Gasteiger partial charge in [0, 0.05) is 38.1 Å². The van der Waals surface area contributed by atoms with Gasteiger partial charge in [-0.2, -0.15) is 0 Å². The first-order chi connectivity index (χ1) is 17.5. The van der Waals surface area contributed by atoms with E-state index in [1.807, 2.05) is 48.2 Å². The molecule has 192 valence electrons. The Kier molecular flexibility index (Phi) is 7.21. The fraction of sp³-hybridized carbons (Fsp3) is 0.483. The predicted octanol–water partition coefficient (Wildman–Crippen LogP) is 4.95. The second kappa shape index (κ2) is 10.5. The molecule has 36 heavy (non-hydrogen) atoms. The first kappa shape index (κ1) is 24.7. The van der Waals surface area contributed by atoms with E-state index >= 15 is 0 Å². The summed E-state index contributed by atoms with van der Waals surface area (Å²) in [6.45, 7) is 6.51. The highest BCUT2D eigenvalue weighted by Crippen LogP contribution is 2.36. The van der Waals surface area contributed by atoms with Gasteiger partial charge < -0.3 is 23.9 Å². The Morgan fingerprint density at radius 3 is 2.50 bits per heavy atom. The van der Waals surface area contributed by atoms with Crippen molar-refractivity contribution < 1.29 is 23.8 Å². The van der Waals surface area contributed by atoms with Crippen LogP contribution in [0.5, 0.6) is 11.5 Å². The molecule has 1 aromatic heterocycles. The highest BCUT2D eigenvalue weighted by Gasteiger charge is 2.34. The van der Waals surface area contributed by atoms with Gasteiger partial charge in [-0.3, -0.25) is 9.69 Å². The SMILES string of the molecule is CCOc1cc(CN2CCC(O)(c3ccc4oc(C(=O)N5CCCCC5)cc4c3)CC2)ccc1OC. The quantitative estimate of drug-likeness (QED) is 0.503. The normalized spacial score (nSPS) is 18.4. The van der Waals surface area contributed by atoms with Gasteiger partial charge in [0.05, 0.1) is 19.3 Å². The zero-order chi connectivity index (χ0) is 25.1. The topological polar surface area (TPSA) is 75.4 Å². The van der Waals surface area contributed by atoms with Gasteiger partial charge in [0.15, 0.2) is 17.3 Å². The van der Waals surface area contributed by atoms with Gasteiger partial charge >= 0.3 is 0 Å². The average Bonchev–Trinajstić information content (AvgIpc) is 3.34. The van der Waals surface area contributed by atoms with E-state index in [1.165, 1.54) is 6.42 Å². The molecule has 0 spiro atoms. The number of likely N-dealkylation sites (tertiary alicyclic amines) is 2. The lowest BCUT2D eigenvalue weighted by molar-refractivity contribution is -0.0276. The number of fused-ring (bicyclic) bond motifs is 1. The Labute approximate surface area is 212 Å². The lowest BCUT2D eigenvalue weighted by Crippen LogP contribution is -2.42. The van der Waals surface area contributed by atoms with Crippen molar-refractivity contribution in [2.75, 3.05) is 39.9 Å². The number of hydrogen-bond acceptors (Lipinski definition) is 6. The van der Waals surface area contributed by atoms with E-state index in [-0.39, 0.29) is 5.91 Å². The van der Waals surface area contributed by atoms with Crippen LogP contribution in [0.3, 0.4) is 0 Å². The number of carbonyl (C=O) groups excluding carboxylic acids is 1. The molecule has 0 unspecified atom stereocenters. The Bertz CT molecular complexity index is 1210. The molecular formula is C29H36N2O5. The Morgan fingerprint density at radius 2 is 1.78 bits per heavy atom. The van der Waals surface area contributed by atoms with Crippen molar-refractivity contribution in [1.82, 2.24) is 9.80 Å². The average molecular weight is 493 g/mol. The molecule has 2 aromatic carbocycles. The van der Waals surface area contributed by atoms with Crippen molar-refractivity contribution in [3.05, 3.63) is 59.4 Å². The lowest BCUT2D eigenvalue weighted by atomic mass is 9.84. The number of aliphatic hydroxyl groups is 1. The molecule has 0 radical (unpaired) electrons. The van der Waals surface area contributed by atoms with Crippen molar-refractivity contribution >= 4 is 16.9 Å². The van der Waals surface area contributed by atoms with Crippen LogP contribution in [-0.4, -0.2) is 60.7 Å². The molecule has 2 aliphatic rings. The van der Waals surface area contributed by atoms with Crippen LogP contribution in [0.25, 0.3) is 11.0 Å². The number of piperidine rings is 2. The molecule has 1 amide bonds. The molecule has 3 heterocycles. The molecule has 0 saturated carbocycles. The molecule has 7 heteroatoms. The maximum atomic E-state index is 12.9. The predicted molar refractivity (Wildman–Crippen MR) is 139 cm³/mol. The number of carbonyl (C=O) groups is 1. The number of rotatable bonds is 7. The smallest absolute Gasteiger partial charge is 0.289 e. The number of methoxy groups -OCH3 is 1. The van der Waals surface area contributed by atoms with Crippen molar-refractivity contribution in [3.63, 3.8) is 0 Å². The summed E-state index contributed by atoms with van der Waals surface area (Å²) in [4.78, 5) is 17.1. The van der Waals surface area contributed by atoms with E-state index in [9.17, 15) is 9.90 Å². The molecule has 0 aliphatic carbocycles. The Morgan fingerprint density at radius 1 is 1.00 bits per heavy atom. The first-order valence-electron chi connectivity index (χ1n) is 13.1. The van der Waals surface area contributed by atoms with Crippen LogP contribution in [0.1, 0.15) is 60.7 Å². The second-order valence-electron chi connectivity index (χ2n) is 9.94. The summed E-state index contributed by atoms with van der Waals surface area (Å²) in [6.07, 6.45) is 4.56. The Hall–Kier alpha value is -3.03. The van der Waals surface area contributed by atoms with Crippen molar-refractivity contribution in [2.45, 2.75) is 51.2 Å². The molecular weight excluding hydrogens is 456 g/mol. The summed E-state index contributed by atoms with van der Waals surface area (Å²) in [5.41, 5.74) is 1.84.